The molecule has 6 rings (SSSR count). The summed E-state index contributed by atoms with van der Waals surface area (Å²) < 4.78 is 0. The topological polar surface area (TPSA) is 0 Å². The van der Waals surface area contributed by atoms with Gasteiger partial charge >= 0.3 is 0 Å². The van der Waals surface area contributed by atoms with Crippen molar-refractivity contribution in [1.29, 1.82) is 0 Å². The maximum atomic E-state index is 2.23. The third-order valence-corrected chi connectivity index (χ3v) is 11.0. The fourth-order valence-electron chi connectivity index (χ4n) is 4.36. The predicted molar refractivity (Wildman–Crippen MR) is 193 cm³/mol. The molecule has 0 nitrogen and oxygen atoms in total. The molecule has 6 aromatic carbocycles. The average molecular weight is 859 g/mol. The van der Waals surface area contributed by atoms with E-state index in [9.17, 15) is 0 Å². The van der Waals surface area contributed by atoms with E-state index in [-0.39, 0.29) is 73.9 Å². The number of hydrogen-bond acceptors (Lipinski definition) is 0. The van der Waals surface area contributed by atoms with Crippen LogP contribution < -0.4 is 31.8 Å². The van der Waals surface area contributed by atoms with Crippen LogP contribution in [0.5, 0.6) is 0 Å². The van der Waals surface area contributed by atoms with E-state index in [1.165, 1.54) is 31.8 Å². The predicted octanol–water partition coefficient (Wildman–Crippen LogP) is 7.92. The smallest absolute Gasteiger partial charge is 0 e. The number of rotatable bonds is 6. The second-order valence-electron chi connectivity index (χ2n) is 8.68. The van der Waals surface area contributed by atoms with Gasteiger partial charge in [-0.1, -0.05) is 182 Å². The van der Waals surface area contributed by atoms with Gasteiger partial charge in [-0.25, -0.2) is 0 Å². The van der Waals surface area contributed by atoms with Crippen molar-refractivity contribution in [3.63, 3.8) is 0 Å². The summed E-state index contributed by atoms with van der Waals surface area (Å²) in [4.78, 5) is 0. The first-order chi connectivity index (χ1) is 18.9. The fraction of sp³-hybridized carbons (Fsp3) is 0. The molecule has 42 heavy (non-hydrogen) atoms. The maximum Gasteiger partial charge on any atom is 0 e. The molecule has 0 spiro atoms. The van der Waals surface area contributed by atoms with Crippen LogP contribution in [0.1, 0.15) is 0 Å². The van der Waals surface area contributed by atoms with Crippen molar-refractivity contribution in [2.75, 3.05) is 0 Å². The van der Waals surface area contributed by atoms with Crippen LogP contribution in [0.3, 0.4) is 0 Å². The van der Waals surface area contributed by atoms with Crippen LogP contribution >= 0.6 is 52.2 Å². The quantitative estimate of drug-likeness (QED) is 0.0908. The van der Waals surface area contributed by atoms with Crippen molar-refractivity contribution in [3.8, 4) is 0 Å². The molecule has 0 amide bonds. The second kappa shape index (κ2) is 21.1. The zero-order chi connectivity index (χ0) is 25.8. The summed E-state index contributed by atoms with van der Waals surface area (Å²) >= 11 is 0. The molecule has 0 aliphatic carbocycles. The summed E-state index contributed by atoms with van der Waals surface area (Å²) in [6, 6.07) is 64.7. The van der Waals surface area contributed by atoms with Crippen molar-refractivity contribution in [2.24, 2.45) is 0 Å². The number of benzene rings is 6. The molecule has 0 aliphatic heterocycles. The third-order valence-electron chi connectivity index (χ3n) is 6.09. The number of hydrogen-bond donors (Lipinski definition) is 0. The van der Waals surface area contributed by atoms with E-state index in [4.69, 9.17) is 0 Å². The summed E-state index contributed by atoms with van der Waals surface area (Å²) in [5.41, 5.74) is 0. The van der Waals surface area contributed by atoms with Crippen molar-refractivity contribution in [3.05, 3.63) is 182 Å². The van der Waals surface area contributed by atoms with E-state index in [1.807, 2.05) is 0 Å². The van der Waals surface area contributed by atoms with Gasteiger partial charge < -0.3 is 0 Å². The SMILES string of the molecule is Cl.I.[Cu].[Pd].c1ccc(P(c2ccccc2)c2ccccc2)cc1.c1ccc(P(c2ccccc2)c2ccccc2)cc1. The van der Waals surface area contributed by atoms with Crippen molar-refractivity contribution in [1.82, 2.24) is 0 Å². The molecular formula is C36H32ClCuIP2Pd. The Hall–Kier alpha value is -1.62. The van der Waals surface area contributed by atoms with Gasteiger partial charge in [0.15, 0.2) is 0 Å². The Kier molecular flexibility index (Phi) is 19.3. The van der Waals surface area contributed by atoms with Gasteiger partial charge in [0.2, 0.25) is 0 Å². The minimum Gasteiger partial charge on any atom is -0.147 e. The van der Waals surface area contributed by atoms with Crippen LogP contribution in [0.4, 0.5) is 0 Å². The molecule has 0 atom stereocenters. The van der Waals surface area contributed by atoms with Gasteiger partial charge in [-0.3, -0.25) is 0 Å². The van der Waals surface area contributed by atoms with E-state index < -0.39 is 15.8 Å². The largest absolute Gasteiger partial charge is 0.147 e. The minimum atomic E-state index is -0.446. The van der Waals surface area contributed by atoms with Gasteiger partial charge in [-0.15, -0.1) is 36.4 Å². The number of halogens is 2. The Morgan fingerprint density at radius 1 is 0.262 bits per heavy atom. The summed E-state index contributed by atoms with van der Waals surface area (Å²) in [5.74, 6) is 0. The molecule has 0 heterocycles. The Morgan fingerprint density at radius 2 is 0.381 bits per heavy atom. The molecule has 1 radical (unpaired) electrons. The summed E-state index contributed by atoms with van der Waals surface area (Å²) in [6.45, 7) is 0. The fourth-order valence-corrected chi connectivity index (χ4v) is 8.97. The van der Waals surface area contributed by atoms with Gasteiger partial charge in [0, 0.05) is 37.5 Å². The van der Waals surface area contributed by atoms with E-state index in [0.29, 0.717) is 0 Å². The van der Waals surface area contributed by atoms with Crippen LogP contribution in [-0.4, -0.2) is 0 Å². The second-order valence-corrected chi connectivity index (χ2v) is 13.1. The molecule has 0 unspecified atom stereocenters. The van der Waals surface area contributed by atoms with Gasteiger partial charge in [0.05, 0.1) is 0 Å². The Balaban J connectivity index is 0.000000383. The van der Waals surface area contributed by atoms with Crippen molar-refractivity contribution in [2.45, 2.75) is 0 Å². The normalized spacial score (nSPS) is 9.57. The average Bonchev–Trinajstić information content (AvgIpc) is 3.01. The third kappa shape index (κ3) is 10.8. The standard InChI is InChI=1S/2C18H15P.ClH.Cu.HI.Pd/c2*1-4-10-16(11-5-1)19(17-12-6-2-7-13-17)18-14-8-3-9-15-18;;;;/h2*1-15H;1H;;1H;. The Morgan fingerprint density at radius 3 is 0.500 bits per heavy atom. The summed E-state index contributed by atoms with van der Waals surface area (Å²) in [6.07, 6.45) is 0. The van der Waals surface area contributed by atoms with Crippen molar-refractivity contribution < 1.29 is 37.5 Å². The summed E-state index contributed by atoms with van der Waals surface area (Å²) in [7, 11) is -0.892. The molecule has 6 aromatic rings. The monoisotopic (exact) mass is 857 g/mol. The molecule has 0 aromatic heterocycles. The van der Waals surface area contributed by atoms with Crippen molar-refractivity contribution >= 4 is 84.1 Å². The van der Waals surface area contributed by atoms with Gasteiger partial charge in [0.1, 0.15) is 0 Å². The van der Waals surface area contributed by atoms with Crippen LogP contribution in [-0.2, 0) is 37.5 Å². The van der Waals surface area contributed by atoms with Crippen LogP contribution in [0.25, 0.3) is 0 Å². The van der Waals surface area contributed by atoms with E-state index in [0.717, 1.165) is 0 Å². The van der Waals surface area contributed by atoms with E-state index >= 15 is 0 Å². The maximum absolute atomic E-state index is 2.23. The minimum absolute atomic E-state index is 0. The molecule has 6 heteroatoms. The van der Waals surface area contributed by atoms with E-state index in [1.54, 1.807) is 0 Å². The van der Waals surface area contributed by atoms with Crippen LogP contribution in [0.15, 0.2) is 182 Å². The van der Waals surface area contributed by atoms with Gasteiger partial charge in [-0.05, 0) is 47.7 Å². The van der Waals surface area contributed by atoms with Crippen LogP contribution in [0.2, 0.25) is 0 Å². The zero-order valence-corrected chi connectivity index (χ0v) is 30.1. The zero-order valence-electron chi connectivity index (χ0n) is 22.6. The first-order valence-electron chi connectivity index (χ1n) is 12.8. The molecule has 0 saturated carbocycles. The molecule has 0 N–H and O–H groups in total. The molecule has 0 bridgehead atoms. The first-order valence-corrected chi connectivity index (χ1v) is 15.5. The van der Waals surface area contributed by atoms with Gasteiger partial charge in [-0.2, -0.15) is 0 Å². The molecular weight excluding hydrogens is 827 g/mol. The van der Waals surface area contributed by atoms with Gasteiger partial charge in [0.25, 0.3) is 0 Å². The summed E-state index contributed by atoms with van der Waals surface area (Å²) in [5, 5.41) is 8.39. The van der Waals surface area contributed by atoms with E-state index in [2.05, 4.69) is 182 Å². The van der Waals surface area contributed by atoms with Crippen LogP contribution in [0, 0.1) is 0 Å². The molecule has 0 aliphatic rings. The first kappa shape index (κ1) is 38.4. The Labute approximate surface area is 300 Å². The Bertz CT molecular complexity index is 1190. The molecule has 221 valence electrons. The molecule has 0 saturated heterocycles. The molecule has 0 fully saturated rings.